The molecule has 4 rings (SSSR count). The zero-order valence-corrected chi connectivity index (χ0v) is 14.5. The highest BCUT2D eigenvalue weighted by atomic mass is 16.4. The normalized spacial score (nSPS) is 10.7. The summed E-state index contributed by atoms with van der Waals surface area (Å²) in [5.74, 6) is 0.253. The quantitative estimate of drug-likeness (QED) is 0.476. The van der Waals surface area contributed by atoms with E-state index in [1.165, 1.54) is 0 Å². The SMILES string of the molecule is O=Cc1c(N(Cc2ccccc2)c2ccccc2)oc2ccccc2c1=O. The number of carbonyl (C=O) groups is 1. The first-order chi connectivity index (χ1) is 13.3. The highest BCUT2D eigenvalue weighted by Gasteiger charge is 2.21. The third-order valence-corrected chi connectivity index (χ3v) is 4.43. The van der Waals surface area contributed by atoms with Crippen LogP contribution in [-0.2, 0) is 6.54 Å². The average Bonchev–Trinajstić information content (AvgIpc) is 2.73. The predicted octanol–water partition coefficient (Wildman–Crippen LogP) is 4.94. The molecule has 27 heavy (non-hydrogen) atoms. The maximum absolute atomic E-state index is 12.9. The summed E-state index contributed by atoms with van der Waals surface area (Å²) < 4.78 is 6.05. The van der Waals surface area contributed by atoms with E-state index in [2.05, 4.69) is 0 Å². The van der Waals surface area contributed by atoms with Gasteiger partial charge in [0.1, 0.15) is 11.1 Å². The Hall–Kier alpha value is -3.66. The van der Waals surface area contributed by atoms with Crippen LogP contribution in [0, 0.1) is 0 Å². The molecule has 4 aromatic rings. The summed E-state index contributed by atoms with van der Waals surface area (Å²) in [4.78, 5) is 26.5. The number of para-hydroxylation sites is 2. The number of fused-ring (bicyclic) bond motifs is 1. The van der Waals surface area contributed by atoms with E-state index >= 15 is 0 Å². The van der Waals surface area contributed by atoms with Gasteiger partial charge in [0.25, 0.3) is 0 Å². The van der Waals surface area contributed by atoms with Gasteiger partial charge in [-0.1, -0.05) is 60.7 Å². The van der Waals surface area contributed by atoms with Gasteiger partial charge >= 0.3 is 0 Å². The first kappa shape index (κ1) is 16.8. The van der Waals surface area contributed by atoms with Crippen molar-refractivity contribution >= 4 is 28.8 Å². The molecular weight excluding hydrogens is 338 g/mol. The van der Waals surface area contributed by atoms with Crippen LogP contribution < -0.4 is 10.3 Å². The van der Waals surface area contributed by atoms with Gasteiger partial charge in [0, 0.05) is 5.69 Å². The summed E-state index contributed by atoms with van der Waals surface area (Å²) in [7, 11) is 0. The number of hydrogen-bond acceptors (Lipinski definition) is 4. The highest BCUT2D eigenvalue weighted by Crippen LogP contribution is 2.31. The number of aldehydes is 1. The van der Waals surface area contributed by atoms with E-state index in [0.717, 1.165) is 11.3 Å². The van der Waals surface area contributed by atoms with Crippen LogP contribution in [0.3, 0.4) is 0 Å². The van der Waals surface area contributed by atoms with Gasteiger partial charge in [-0.3, -0.25) is 9.59 Å². The molecule has 0 saturated carbocycles. The minimum absolute atomic E-state index is 0.0217. The van der Waals surface area contributed by atoms with Gasteiger partial charge in [0.2, 0.25) is 11.3 Å². The van der Waals surface area contributed by atoms with Crippen LogP contribution in [0.25, 0.3) is 11.0 Å². The van der Waals surface area contributed by atoms with E-state index in [0.29, 0.717) is 23.8 Å². The van der Waals surface area contributed by atoms with E-state index in [-0.39, 0.29) is 16.9 Å². The van der Waals surface area contributed by atoms with Crippen molar-refractivity contribution in [3.63, 3.8) is 0 Å². The number of carbonyl (C=O) groups excluding carboxylic acids is 1. The monoisotopic (exact) mass is 355 g/mol. The zero-order valence-electron chi connectivity index (χ0n) is 14.5. The van der Waals surface area contributed by atoms with Crippen molar-refractivity contribution in [2.45, 2.75) is 6.54 Å². The molecule has 0 fully saturated rings. The van der Waals surface area contributed by atoms with Gasteiger partial charge in [-0.15, -0.1) is 0 Å². The maximum atomic E-state index is 12.9. The minimum atomic E-state index is -0.323. The molecule has 4 heteroatoms. The summed E-state index contributed by atoms with van der Waals surface area (Å²) in [6.45, 7) is 0.465. The fraction of sp³-hybridized carbons (Fsp3) is 0.0435. The summed E-state index contributed by atoms with van der Waals surface area (Å²) in [5.41, 5.74) is 2.03. The summed E-state index contributed by atoms with van der Waals surface area (Å²) >= 11 is 0. The van der Waals surface area contributed by atoms with Gasteiger partial charge < -0.3 is 9.32 Å². The van der Waals surface area contributed by atoms with Gasteiger partial charge in [-0.25, -0.2) is 0 Å². The lowest BCUT2D eigenvalue weighted by atomic mass is 10.1. The van der Waals surface area contributed by atoms with Crippen LogP contribution in [0.4, 0.5) is 11.6 Å². The molecule has 1 aromatic heterocycles. The van der Waals surface area contributed by atoms with Gasteiger partial charge in [-0.2, -0.15) is 0 Å². The Morgan fingerprint density at radius 3 is 2.15 bits per heavy atom. The van der Waals surface area contributed by atoms with Crippen molar-refractivity contribution in [2.75, 3.05) is 4.90 Å². The number of rotatable bonds is 5. The second-order valence-corrected chi connectivity index (χ2v) is 6.17. The average molecular weight is 355 g/mol. The van der Waals surface area contributed by atoms with Crippen molar-refractivity contribution in [2.24, 2.45) is 0 Å². The van der Waals surface area contributed by atoms with E-state index in [1.54, 1.807) is 24.3 Å². The summed E-state index contributed by atoms with van der Waals surface area (Å²) in [6, 6.07) is 26.4. The van der Waals surface area contributed by atoms with Crippen molar-refractivity contribution in [1.29, 1.82) is 0 Å². The van der Waals surface area contributed by atoms with Crippen molar-refractivity contribution in [1.82, 2.24) is 0 Å². The minimum Gasteiger partial charge on any atom is -0.439 e. The molecule has 4 nitrogen and oxygen atoms in total. The molecule has 1 heterocycles. The number of hydrogen-bond donors (Lipinski definition) is 0. The molecule has 0 aliphatic heterocycles. The molecule has 0 spiro atoms. The topological polar surface area (TPSA) is 50.5 Å². The fourth-order valence-electron chi connectivity index (χ4n) is 3.10. The smallest absolute Gasteiger partial charge is 0.215 e. The molecule has 0 aliphatic carbocycles. The second-order valence-electron chi connectivity index (χ2n) is 6.17. The van der Waals surface area contributed by atoms with Crippen LogP contribution in [0.1, 0.15) is 15.9 Å². The van der Waals surface area contributed by atoms with Crippen LogP contribution >= 0.6 is 0 Å². The third kappa shape index (κ3) is 3.25. The molecule has 0 atom stereocenters. The molecule has 0 unspecified atom stereocenters. The van der Waals surface area contributed by atoms with Gasteiger partial charge in [0.05, 0.1) is 11.9 Å². The zero-order chi connectivity index (χ0) is 18.6. The van der Waals surface area contributed by atoms with Crippen LogP contribution in [0.5, 0.6) is 0 Å². The van der Waals surface area contributed by atoms with Crippen LogP contribution in [-0.4, -0.2) is 6.29 Å². The molecule has 3 aromatic carbocycles. The molecule has 132 valence electrons. The molecule has 0 radical (unpaired) electrons. The first-order valence-electron chi connectivity index (χ1n) is 8.65. The molecule has 0 bridgehead atoms. The summed E-state index contributed by atoms with van der Waals surface area (Å²) in [5, 5.41) is 0.399. The Labute approximate surface area is 156 Å². The Kier molecular flexibility index (Phi) is 4.54. The molecule has 0 N–H and O–H groups in total. The predicted molar refractivity (Wildman–Crippen MR) is 107 cm³/mol. The number of nitrogens with zero attached hydrogens (tertiary/aromatic N) is 1. The van der Waals surface area contributed by atoms with Crippen molar-refractivity contribution < 1.29 is 9.21 Å². The lowest BCUT2D eigenvalue weighted by molar-refractivity contribution is 0.112. The lowest BCUT2D eigenvalue weighted by Gasteiger charge is -2.24. The van der Waals surface area contributed by atoms with Gasteiger partial charge in [0.15, 0.2) is 6.29 Å². The largest absolute Gasteiger partial charge is 0.439 e. The Morgan fingerprint density at radius 2 is 1.44 bits per heavy atom. The van der Waals surface area contributed by atoms with Gasteiger partial charge in [-0.05, 0) is 29.8 Å². The Balaban J connectivity index is 1.94. The Morgan fingerprint density at radius 1 is 0.815 bits per heavy atom. The van der Waals surface area contributed by atoms with Crippen molar-refractivity contribution in [3.8, 4) is 0 Å². The fourth-order valence-corrected chi connectivity index (χ4v) is 3.10. The number of benzene rings is 3. The third-order valence-electron chi connectivity index (χ3n) is 4.43. The summed E-state index contributed by atoms with van der Waals surface area (Å²) in [6.07, 6.45) is 0.578. The van der Waals surface area contributed by atoms with E-state index < -0.39 is 0 Å². The van der Waals surface area contributed by atoms with Crippen molar-refractivity contribution in [3.05, 3.63) is 106 Å². The molecule has 0 amide bonds. The number of anilines is 2. The molecule has 0 saturated heterocycles. The molecular formula is C23H17NO3. The second kappa shape index (κ2) is 7.30. The lowest BCUT2D eigenvalue weighted by Crippen LogP contribution is -2.22. The van der Waals surface area contributed by atoms with E-state index in [9.17, 15) is 9.59 Å². The first-order valence-corrected chi connectivity index (χ1v) is 8.65. The maximum Gasteiger partial charge on any atom is 0.215 e. The van der Waals surface area contributed by atoms with Crippen LogP contribution in [0.15, 0.2) is 94.1 Å². The van der Waals surface area contributed by atoms with E-state index in [1.807, 2.05) is 65.6 Å². The van der Waals surface area contributed by atoms with Crippen LogP contribution in [0.2, 0.25) is 0 Å². The Bertz CT molecular complexity index is 1130. The standard InChI is InChI=1S/C23H17NO3/c25-16-20-22(26)19-13-7-8-14-21(19)27-23(20)24(18-11-5-2-6-12-18)15-17-9-3-1-4-10-17/h1-14,16H,15H2. The van der Waals surface area contributed by atoms with E-state index in [4.69, 9.17) is 4.42 Å². The highest BCUT2D eigenvalue weighted by molar-refractivity contribution is 5.90. The molecule has 0 aliphatic rings.